The molecule has 1 N–H and O–H groups in total. The van der Waals surface area contributed by atoms with Gasteiger partial charge in [-0.1, -0.05) is 6.92 Å². The Hall–Kier alpha value is -0.400. The summed E-state index contributed by atoms with van der Waals surface area (Å²) in [6, 6.07) is 0. The number of hydrogen-bond acceptors (Lipinski definition) is 3. The van der Waals surface area contributed by atoms with Gasteiger partial charge in [-0.2, -0.15) is 4.31 Å². The lowest BCUT2D eigenvalue weighted by Crippen LogP contribution is -2.52. The molecule has 0 aromatic heterocycles. The van der Waals surface area contributed by atoms with Crippen molar-refractivity contribution < 1.29 is 8.42 Å². The molecule has 94 valence electrons. The van der Waals surface area contributed by atoms with Crippen LogP contribution in [0.5, 0.6) is 0 Å². The molecule has 1 fully saturated rings. The minimum atomic E-state index is -3.05. The van der Waals surface area contributed by atoms with Crippen LogP contribution in [-0.2, 0) is 10.0 Å². The monoisotopic (exact) mass is 265 g/mol. The summed E-state index contributed by atoms with van der Waals surface area (Å²) in [5.74, 6) is 0. The summed E-state index contributed by atoms with van der Waals surface area (Å²) < 4.78 is 24.1. The highest BCUT2D eigenvalue weighted by atomic mass is 32.2. The summed E-state index contributed by atoms with van der Waals surface area (Å²) in [5, 5.41) is 3.88. The fourth-order valence-electron chi connectivity index (χ4n) is 1.57. The molecule has 0 unspecified atom stereocenters. The minimum Gasteiger partial charge on any atom is -0.363 e. The predicted molar refractivity (Wildman–Crippen MR) is 68.9 cm³/mol. The number of nitrogens with one attached hydrogen (secondary N) is 1. The Morgan fingerprint density at radius 2 is 1.88 bits per heavy atom. The van der Waals surface area contributed by atoms with E-state index in [9.17, 15) is 8.42 Å². The van der Waals surface area contributed by atoms with E-state index < -0.39 is 10.0 Å². The molecule has 0 amide bonds. The second-order valence-electron chi connectivity index (χ2n) is 3.88. The molecule has 1 aliphatic heterocycles. The first-order chi connectivity index (χ1) is 7.45. The molecule has 0 aromatic carbocycles. The van der Waals surface area contributed by atoms with E-state index in [4.69, 9.17) is 12.2 Å². The molecule has 0 aliphatic carbocycles. The molecule has 5 nitrogen and oxygen atoms in total. The number of rotatable bonds is 3. The topological polar surface area (TPSA) is 52.6 Å². The van der Waals surface area contributed by atoms with Crippen molar-refractivity contribution in [3.05, 3.63) is 0 Å². The molecule has 0 radical (unpaired) electrons. The summed E-state index contributed by atoms with van der Waals surface area (Å²) in [5.41, 5.74) is 0. The number of nitrogens with zero attached hydrogens (tertiary/aromatic N) is 2. The van der Waals surface area contributed by atoms with Gasteiger partial charge < -0.3 is 10.2 Å². The zero-order chi connectivity index (χ0) is 12.2. The summed E-state index contributed by atoms with van der Waals surface area (Å²) in [6.07, 6.45) is 2.28. The molecule has 1 rings (SSSR count). The average Bonchev–Trinajstić information content (AvgIpc) is 2.25. The molecule has 1 saturated heterocycles. The van der Waals surface area contributed by atoms with Crippen LogP contribution in [0, 0.1) is 0 Å². The molecule has 1 heterocycles. The van der Waals surface area contributed by atoms with E-state index in [2.05, 4.69) is 12.2 Å². The lowest BCUT2D eigenvalue weighted by Gasteiger charge is -2.34. The minimum absolute atomic E-state index is 0.521. The molecule has 0 atom stereocenters. The third-order valence-electron chi connectivity index (χ3n) is 2.52. The maximum Gasteiger partial charge on any atom is 0.211 e. The van der Waals surface area contributed by atoms with Gasteiger partial charge in [0.15, 0.2) is 5.11 Å². The maximum atomic E-state index is 11.3. The highest BCUT2D eigenvalue weighted by molar-refractivity contribution is 7.88. The Morgan fingerprint density at radius 3 is 2.31 bits per heavy atom. The van der Waals surface area contributed by atoms with Crippen LogP contribution in [0.2, 0.25) is 0 Å². The van der Waals surface area contributed by atoms with Gasteiger partial charge in [0.05, 0.1) is 6.26 Å². The van der Waals surface area contributed by atoms with Crippen molar-refractivity contribution in [2.75, 3.05) is 39.0 Å². The third kappa shape index (κ3) is 3.88. The van der Waals surface area contributed by atoms with Crippen LogP contribution in [0.15, 0.2) is 0 Å². The number of sulfonamides is 1. The highest BCUT2D eigenvalue weighted by Gasteiger charge is 2.24. The lowest BCUT2D eigenvalue weighted by molar-refractivity contribution is 0.265. The summed E-state index contributed by atoms with van der Waals surface area (Å²) in [7, 11) is -3.05. The smallest absolute Gasteiger partial charge is 0.211 e. The van der Waals surface area contributed by atoms with E-state index in [-0.39, 0.29) is 0 Å². The second kappa shape index (κ2) is 5.79. The van der Waals surface area contributed by atoms with Crippen LogP contribution in [0.4, 0.5) is 0 Å². The van der Waals surface area contributed by atoms with Crippen molar-refractivity contribution in [3.8, 4) is 0 Å². The molecule has 16 heavy (non-hydrogen) atoms. The van der Waals surface area contributed by atoms with Gasteiger partial charge in [0.25, 0.3) is 0 Å². The van der Waals surface area contributed by atoms with Crippen molar-refractivity contribution in [2.24, 2.45) is 0 Å². The first kappa shape index (κ1) is 13.7. The van der Waals surface area contributed by atoms with E-state index in [0.29, 0.717) is 26.2 Å². The van der Waals surface area contributed by atoms with E-state index in [1.807, 2.05) is 4.90 Å². The first-order valence-corrected chi connectivity index (χ1v) is 7.68. The molecule has 0 saturated carbocycles. The Morgan fingerprint density at radius 1 is 1.31 bits per heavy atom. The van der Waals surface area contributed by atoms with Gasteiger partial charge in [0.2, 0.25) is 10.0 Å². The van der Waals surface area contributed by atoms with Crippen LogP contribution in [0.25, 0.3) is 0 Å². The highest BCUT2D eigenvalue weighted by Crippen LogP contribution is 2.06. The summed E-state index contributed by atoms with van der Waals surface area (Å²) in [6.45, 7) is 5.33. The van der Waals surface area contributed by atoms with Crippen LogP contribution in [0.1, 0.15) is 13.3 Å². The molecule has 7 heteroatoms. The molecular formula is C9H19N3O2S2. The first-order valence-electron chi connectivity index (χ1n) is 5.43. The molecule has 0 spiro atoms. The van der Waals surface area contributed by atoms with Gasteiger partial charge in [0, 0.05) is 32.7 Å². The van der Waals surface area contributed by atoms with E-state index in [1.54, 1.807) is 0 Å². The Bertz CT molecular complexity index is 335. The maximum absolute atomic E-state index is 11.3. The van der Waals surface area contributed by atoms with Crippen molar-refractivity contribution >= 4 is 27.4 Å². The van der Waals surface area contributed by atoms with Gasteiger partial charge in [-0.15, -0.1) is 0 Å². The Balaban J connectivity index is 2.40. The summed E-state index contributed by atoms with van der Waals surface area (Å²) >= 11 is 5.22. The van der Waals surface area contributed by atoms with Crippen LogP contribution < -0.4 is 5.32 Å². The van der Waals surface area contributed by atoms with Gasteiger partial charge in [-0.25, -0.2) is 8.42 Å². The van der Waals surface area contributed by atoms with Gasteiger partial charge >= 0.3 is 0 Å². The Kier molecular flexibility index (Phi) is 4.94. The van der Waals surface area contributed by atoms with Crippen LogP contribution >= 0.6 is 12.2 Å². The zero-order valence-electron chi connectivity index (χ0n) is 9.77. The fourth-order valence-corrected chi connectivity index (χ4v) is 2.68. The number of thiocarbonyl (C=S) groups is 1. The Labute approximate surface area is 103 Å². The largest absolute Gasteiger partial charge is 0.363 e. The van der Waals surface area contributed by atoms with E-state index in [0.717, 1.165) is 18.1 Å². The zero-order valence-corrected chi connectivity index (χ0v) is 11.4. The van der Waals surface area contributed by atoms with E-state index in [1.165, 1.54) is 10.6 Å². The normalized spacial score (nSPS) is 18.5. The third-order valence-corrected chi connectivity index (χ3v) is 4.23. The lowest BCUT2D eigenvalue weighted by atomic mass is 10.4. The van der Waals surface area contributed by atoms with Gasteiger partial charge in [-0.05, 0) is 18.6 Å². The van der Waals surface area contributed by atoms with Gasteiger partial charge in [0.1, 0.15) is 0 Å². The number of hydrogen-bond donors (Lipinski definition) is 1. The standard InChI is InChI=1S/C9H19N3O2S2/c1-3-4-10-9(15)11-5-7-12(8-6-11)16(2,13)14/h3-8H2,1-2H3,(H,10,15). The van der Waals surface area contributed by atoms with Crippen LogP contribution in [0.3, 0.4) is 0 Å². The molecule has 1 aliphatic rings. The predicted octanol–water partition coefficient (Wildman–Crippen LogP) is -0.152. The van der Waals surface area contributed by atoms with Crippen molar-refractivity contribution in [1.82, 2.24) is 14.5 Å². The number of piperazine rings is 1. The van der Waals surface area contributed by atoms with Crippen molar-refractivity contribution in [2.45, 2.75) is 13.3 Å². The summed E-state index contributed by atoms with van der Waals surface area (Å²) in [4.78, 5) is 2.02. The SMILES string of the molecule is CCCNC(=S)N1CCN(S(C)(=O)=O)CC1. The molecular weight excluding hydrogens is 246 g/mol. The fraction of sp³-hybridized carbons (Fsp3) is 0.889. The second-order valence-corrected chi connectivity index (χ2v) is 6.25. The molecule has 0 bridgehead atoms. The van der Waals surface area contributed by atoms with Crippen LogP contribution in [-0.4, -0.2) is 61.7 Å². The quantitative estimate of drug-likeness (QED) is 0.719. The van der Waals surface area contributed by atoms with E-state index >= 15 is 0 Å². The molecule has 0 aromatic rings. The van der Waals surface area contributed by atoms with Crippen molar-refractivity contribution in [3.63, 3.8) is 0 Å². The van der Waals surface area contributed by atoms with Gasteiger partial charge in [-0.3, -0.25) is 0 Å². The average molecular weight is 265 g/mol. The van der Waals surface area contributed by atoms with Crippen molar-refractivity contribution in [1.29, 1.82) is 0 Å².